The molecule has 0 spiro atoms. The quantitative estimate of drug-likeness (QED) is 0.642. The van der Waals surface area contributed by atoms with E-state index in [1.165, 1.54) is 51.0 Å². The number of aromatic nitrogens is 1. The molecule has 0 radical (unpaired) electrons. The number of thioether (sulfide) groups is 1. The average molecular weight is 341 g/mol. The van der Waals surface area contributed by atoms with Crippen LogP contribution in [-0.2, 0) is 6.18 Å². The Balaban J connectivity index is 1.34. The summed E-state index contributed by atoms with van der Waals surface area (Å²) >= 11 is 1.61. The zero-order valence-corrected chi connectivity index (χ0v) is 13.9. The zero-order valence-electron chi connectivity index (χ0n) is 13.1. The summed E-state index contributed by atoms with van der Waals surface area (Å²) in [6.45, 7) is 0. The predicted molar refractivity (Wildman–Crippen MR) is 85.2 cm³/mol. The third kappa shape index (κ3) is 3.26. The molecular weight excluding hydrogens is 319 g/mol. The molecular formula is C18H22F3NS. The molecule has 4 bridgehead atoms. The van der Waals surface area contributed by atoms with Crippen LogP contribution in [0.25, 0.3) is 0 Å². The standard InChI is InChI=1S/C18H22F3NS/c19-18(20,21)15-1-2-16(22-11-15)23-4-3-17-8-12-5-13(9-17)7-14(6-12)10-17/h1-2,11-14H,3-10H2. The monoisotopic (exact) mass is 341 g/mol. The predicted octanol–water partition coefficient (Wildman–Crippen LogP) is 5.80. The van der Waals surface area contributed by atoms with Crippen LogP contribution in [0.4, 0.5) is 13.2 Å². The summed E-state index contributed by atoms with van der Waals surface area (Å²) in [5.41, 5.74) is -0.129. The SMILES string of the molecule is FC(F)(F)c1ccc(SCCC23CC4CC(CC(C4)C2)C3)nc1. The summed E-state index contributed by atoms with van der Waals surface area (Å²) in [5, 5.41) is 0.711. The lowest BCUT2D eigenvalue weighted by molar-refractivity contribution is -0.137. The van der Waals surface area contributed by atoms with Gasteiger partial charge in [0.1, 0.15) is 0 Å². The van der Waals surface area contributed by atoms with E-state index in [0.717, 1.165) is 35.8 Å². The van der Waals surface area contributed by atoms with Crippen LogP contribution >= 0.6 is 11.8 Å². The van der Waals surface area contributed by atoms with Gasteiger partial charge in [-0.25, -0.2) is 4.98 Å². The van der Waals surface area contributed by atoms with Crippen LogP contribution in [0.2, 0.25) is 0 Å². The van der Waals surface area contributed by atoms with Gasteiger partial charge >= 0.3 is 6.18 Å². The number of rotatable bonds is 4. The summed E-state index contributed by atoms with van der Waals surface area (Å²) in [7, 11) is 0. The molecule has 4 aliphatic rings. The van der Waals surface area contributed by atoms with Gasteiger partial charge in [0.25, 0.3) is 0 Å². The molecule has 1 aromatic heterocycles. The number of halogens is 3. The molecule has 1 aromatic rings. The topological polar surface area (TPSA) is 12.9 Å². The lowest BCUT2D eigenvalue weighted by Gasteiger charge is -2.57. The van der Waals surface area contributed by atoms with Gasteiger partial charge in [-0.15, -0.1) is 11.8 Å². The van der Waals surface area contributed by atoms with E-state index in [4.69, 9.17) is 0 Å². The number of hydrogen-bond acceptors (Lipinski definition) is 2. The van der Waals surface area contributed by atoms with Crippen molar-refractivity contribution in [2.24, 2.45) is 23.2 Å². The third-order valence-corrected chi connectivity index (χ3v) is 7.06. The summed E-state index contributed by atoms with van der Waals surface area (Å²) in [6.07, 6.45) is 6.37. The molecule has 23 heavy (non-hydrogen) atoms. The molecule has 4 saturated carbocycles. The summed E-state index contributed by atoms with van der Waals surface area (Å²) in [4.78, 5) is 3.97. The van der Waals surface area contributed by atoms with Crippen molar-refractivity contribution >= 4 is 11.8 Å². The van der Waals surface area contributed by atoms with Crippen LogP contribution in [0.1, 0.15) is 50.5 Å². The molecule has 0 saturated heterocycles. The van der Waals surface area contributed by atoms with Crippen LogP contribution in [-0.4, -0.2) is 10.7 Å². The Bertz CT molecular complexity index is 531. The highest BCUT2D eigenvalue weighted by molar-refractivity contribution is 7.99. The van der Waals surface area contributed by atoms with Crippen molar-refractivity contribution in [3.8, 4) is 0 Å². The Hall–Kier alpha value is -0.710. The minimum absolute atomic E-state index is 0.535. The molecule has 5 rings (SSSR count). The maximum absolute atomic E-state index is 12.5. The molecule has 0 unspecified atom stereocenters. The van der Waals surface area contributed by atoms with Gasteiger partial charge in [0.15, 0.2) is 0 Å². The smallest absolute Gasteiger partial charge is 0.249 e. The van der Waals surface area contributed by atoms with Gasteiger partial charge in [0.05, 0.1) is 10.6 Å². The van der Waals surface area contributed by atoms with Crippen molar-refractivity contribution in [2.45, 2.75) is 56.1 Å². The zero-order chi connectivity index (χ0) is 16.1. The first kappa shape index (κ1) is 15.8. The molecule has 4 fully saturated rings. The van der Waals surface area contributed by atoms with Crippen molar-refractivity contribution in [3.63, 3.8) is 0 Å². The summed E-state index contributed by atoms with van der Waals surface area (Å²) in [6, 6.07) is 2.65. The van der Waals surface area contributed by atoms with Crippen LogP contribution in [0, 0.1) is 23.2 Å². The molecule has 126 valence electrons. The number of nitrogens with zero attached hydrogens (tertiary/aromatic N) is 1. The van der Waals surface area contributed by atoms with Gasteiger partial charge in [-0.3, -0.25) is 0 Å². The fourth-order valence-corrected chi connectivity index (χ4v) is 6.64. The van der Waals surface area contributed by atoms with Gasteiger partial charge in [-0.2, -0.15) is 13.2 Å². The lowest BCUT2D eigenvalue weighted by atomic mass is 9.49. The maximum Gasteiger partial charge on any atom is 0.417 e. The van der Waals surface area contributed by atoms with Gasteiger partial charge in [-0.05, 0) is 80.2 Å². The molecule has 1 heterocycles. The second-order valence-electron chi connectivity index (χ2n) is 7.90. The highest BCUT2D eigenvalue weighted by Crippen LogP contribution is 2.61. The van der Waals surface area contributed by atoms with Crippen molar-refractivity contribution in [1.82, 2.24) is 4.98 Å². The molecule has 5 heteroatoms. The van der Waals surface area contributed by atoms with Crippen molar-refractivity contribution < 1.29 is 13.2 Å². The second kappa shape index (κ2) is 5.68. The van der Waals surface area contributed by atoms with E-state index in [9.17, 15) is 13.2 Å². The molecule has 0 aromatic carbocycles. The highest BCUT2D eigenvalue weighted by atomic mass is 32.2. The second-order valence-corrected chi connectivity index (χ2v) is 9.01. The lowest BCUT2D eigenvalue weighted by Crippen LogP contribution is -2.46. The molecule has 0 N–H and O–H groups in total. The molecule has 0 atom stereocenters. The van der Waals surface area contributed by atoms with Gasteiger partial charge in [0, 0.05) is 11.9 Å². The first-order valence-electron chi connectivity index (χ1n) is 8.58. The van der Waals surface area contributed by atoms with Gasteiger partial charge < -0.3 is 0 Å². The third-order valence-electron chi connectivity index (χ3n) is 6.11. The fraction of sp³-hybridized carbons (Fsp3) is 0.722. The van der Waals surface area contributed by atoms with Crippen LogP contribution in [0.5, 0.6) is 0 Å². The Morgan fingerprint density at radius 2 is 1.65 bits per heavy atom. The first-order valence-corrected chi connectivity index (χ1v) is 9.56. The van der Waals surface area contributed by atoms with E-state index in [0.29, 0.717) is 10.4 Å². The van der Waals surface area contributed by atoms with E-state index >= 15 is 0 Å². The Morgan fingerprint density at radius 1 is 1.04 bits per heavy atom. The van der Waals surface area contributed by atoms with E-state index in [2.05, 4.69) is 4.98 Å². The number of alkyl halides is 3. The minimum Gasteiger partial charge on any atom is -0.249 e. The van der Waals surface area contributed by atoms with E-state index < -0.39 is 11.7 Å². The number of pyridine rings is 1. The number of hydrogen-bond donors (Lipinski definition) is 0. The Kier molecular flexibility index (Phi) is 3.90. The van der Waals surface area contributed by atoms with Crippen LogP contribution < -0.4 is 0 Å². The van der Waals surface area contributed by atoms with Crippen molar-refractivity contribution in [3.05, 3.63) is 23.9 Å². The normalized spacial score (nSPS) is 35.7. The van der Waals surface area contributed by atoms with Gasteiger partial charge in [-0.1, -0.05) is 0 Å². The maximum atomic E-state index is 12.5. The van der Waals surface area contributed by atoms with E-state index in [1.807, 2.05) is 0 Å². The first-order chi connectivity index (χ1) is 10.9. The molecule has 0 amide bonds. The highest BCUT2D eigenvalue weighted by Gasteiger charge is 2.50. The Morgan fingerprint density at radius 3 is 2.13 bits per heavy atom. The van der Waals surface area contributed by atoms with E-state index in [-0.39, 0.29) is 0 Å². The summed E-state index contributed by atoms with van der Waals surface area (Å²) < 4.78 is 37.6. The average Bonchev–Trinajstić information content (AvgIpc) is 2.45. The fourth-order valence-electron chi connectivity index (χ4n) is 5.60. The van der Waals surface area contributed by atoms with Crippen molar-refractivity contribution in [2.75, 3.05) is 5.75 Å². The van der Waals surface area contributed by atoms with Gasteiger partial charge in [0.2, 0.25) is 0 Å². The largest absolute Gasteiger partial charge is 0.417 e. The summed E-state index contributed by atoms with van der Waals surface area (Å²) in [5.74, 6) is 3.84. The Labute approximate surface area is 139 Å². The minimum atomic E-state index is -4.30. The van der Waals surface area contributed by atoms with Crippen LogP contribution in [0.3, 0.4) is 0 Å². The molecule has 0 aliphatic heterocycles. The van der Waals surface area contributed by atoms with Crippen molar-refractivity contribution in [1.29, 1.82) is 0 Å². The molecule has 1 nitrogen and oxygen atoms in total. The van der Waals surface area contributed by atoms with Crippen LogP contribution in [0.15, 0.2) is 23.4 Å². The van der Waals surface area contributed by atoms with E-state index in [1.54, 1.807) is 11.8 Å². The molecule has 4 aliphatic carbocycles.